The van der Waals surface area contributed by atoms with E-state index in [9.17, 15) is 10.1 Å². The number of benzene rings is 2. The molecule has 1 aliphatic rings. The largest absolute Gasteiger partial charge is 0.348 e. The van der Waals surface area contributed by atoms with Crippen LogP contribution in [0.4, 0.5) is 0 Å². The zero-order chi connectivity index (χ0) is 23.5. The normalized spacial score (nSPS) is 18.8. The van der Waals surface area contributed by atoms with Crippen LogP contribution in [-0.2, 0) is 11.3 Å². The van der Waals surface area contributed by atoms with Gasteiger partial charge in [0.15, 0.2) is 0 Å². The second kappa shape index (κ2) is 10.0. The molecule has 0 saturated heterocycles. The van der Waals surface area contributed by atoms with Gasteiger partial charge in [-0.05, 0) is 55.5 Å². The molecular formula is C27H27Cl2N3O. The van der Waals surface area contributed by atoms with Gasteiger partial charge in [-0.1, -0.05) is 67.2 Å². The summed E-state index contributed by atoms with van der Waals surface area (Å²) in [5, 5.41) is 15.1. The number of aromatic nitrogens is 1. The lowest BCUT2D eigenvalue weighted by molar-refractivity contribution is -0.118. The minimum atomic E-state index is -0.298. The molecule has 1 heterocycles. The SMILES string of the molecule is Cc1c(/C=C(\C#N)C(=O)N[C@H]2CCCC[C@H]2C)c2ccccc2n1Cc1ccc(Cl)cc1Cl. The quantitative estimate of drug-likeness (QED) is 0.319. The van der Waals surface area contributed by atoms with Crippen molar-refractivity contribution in [1.29, 1.82) is 5.26 Å². The van der Waals surface area contributed by atoms with Crippen molar-refractivity contribution in [2.45, 2.75) is 52.1 Å². The fourth-order valence-corrected chi connectivity index (χ4v) is 5.20. The molecule has 1 aliphatic carbocycles. The van der Waals surface area contributed by atoms with Gasteiger partial charge >= 0.3 is 0 Å². The van der Waals surface area contributed by atoms with Crippen molar-refractivity contribution in [2.75, 3.05) is 0 Å². The van der Waals surface area contributed by atoms with E-state index in [0.29, 0.717) is 22.5 Å². The molecule has 3 aromatic rings. The Hall–Kier alpha value is -2.74. The summed E-state index contributed by atoms with van der Waals surface area (Å²) in [5.41, 5.74) is 3.94. The molecule has 2 atom stereocenters. The van der Waals surface area contributed by atoms with E-state index in [1.165, 1.54) is 6.42 Å². The second-order valence-corrected chi connectivity index (χ2v) is 9.69. The Morgan fingerprint density at radius 1 is 1.21 bits per heavy atom. The Kier molecular flexibility index (Phi) is 7.12. The van der Waals surface area contributed by atoms with E-state index in [1.54, 1.807) is 12.1 Å². The summed E-state index contributed by atoms with van der Waals surface area (Å²) in [6, 6.07) is 15.8. The van der Waals surface area contributed by atoms with Crippen molar-refractivity contribution in [2.24, 2.45) is 5.92 Å². The number of para-hydroxylation sites is 1. The van der Waals surface area contributed by atoms with Crippen LogP contribution in [0.5, 0.6) is 0 Å². The van der Waals surface area contributed by atoms with Gasteiger partial charge in [0.2, 0.25) is 0 Å². The molecule has 2 aromatic carbocycles. The number of hydrogen-bond donors (Lipinski definition) is 1. The van der Waals surface area contributed by atoms with E-state index in [1.807, 2.05) is 43.3 Å². The monoisotopic (exact) mass is 479 g/mol. The number of nitrogens with one attached hydrogen (secondary N) is 1. The average Bonchev–Trinajstić information content (AvgIpc) is 3.06. The first-order chi connectivity index (χ1) is 15.9. The minimum Gasteiger partial charge on any atom is -0.348 e. The summed E-state index contributed by atoms with van der Waals surface area (Å²) in [6.07, 6.45) is 6.11. The summed E-state index contributed by atoms with van der Waals surface area (Å²) in [4.78, 5) is 13.0. The molecule has 1 amide bonds. The number of nitriles is 1. The number of carbonyl (C=O) groups is 1. The number of halogens is 2. The van der Waals surface area contributed by atoms with Gasteiger partial charge in [-0.3, -0.25) is 4.79 Å². The molecule has 0 bridgehead atoms. The maximum atomic E-state index is 13.0. The van der Waals surface area contributed by atoms with Crippen LogP contribution in [-0.4, -0.2) is 16.5 Å². The summed E-state index contributed by atoms with van der Waals surface area (Å²) in [7, 11) is 0. The number of rotatable bonds is 5. The molecule has 0 aliphatic heterocycles. The van der Waals surface area contributed by atoms with E-state index in [2.05, 4.69) is 22.9 Å². The first-order valence-corrected chi connectivity index (χ1v) is 12.1. The molecule has 4 nitrogen and oxygen atoms in total. The van der Waals surface area contributed by atoms with Crippen LogP contribution in [0, 0.1) is 24.2 Å². The van der Waals surface area contributed by atoms with E-state index in [0.717, 1.165) is 47.0 Å². The molecule has 1 aromatic heterocycles. The summed E-state index contributed by atoms with van der Waals surface area (Å²) >= 11 is 12.5. The minimum absolute atomic E-state index is 0.123. The number of fused-ring (bicyclic) bond motifs is 1. The molecule has 0 spiro atoms. The third-order valence-electron chi connectivity index (χ3n) is 6.70. The van der Waals surface area contributed by atoms with Crippen LogP contribution >= 0.6 is 23.2 Å². The third kappa shape index (κ3) is 4.95. The predicted molar refractivity (Wildman–Crippen MR) is 135 cm³/mol. The fraction of sp³-hybridized carbons (Fsp3) is 0.333. The van der Waals surface area contributed by atoms with Gasteiger partial charge in [-0.15, -0.1) is 0 Å². The van der Waals surface area contributed by atoms with Crippen molar-refractivity contribution in [3.8, 4) is 6.07 Å². The zero-order valence-electron chi connectivity index (χ0n) is 18.9. The Morgan fingerprint density at radius 2 is 1.97 bits per heavy atom. The highest BCUT2D eigenvalue weighted by atomic mass is 35.5. The van der Waals surface area contributed by atoms with Crippen molar-refractivity contribution in [1.82, 2.24) is 9.88 Å². The van der Waals surface area contributed by atoms with E-state index in [4.69, 9.17) is 23.2 Å². The molecular weight excluding hydrogens is 453 g/mol. The lowest BCUT2D eigenvalue weighted by Crippen LogP contribution is -2.41. The van der Waals surface area contributed by atoms with Crippen molar-refractivity contribution in [3.63, 3.8) is 0 Å². The van der Waals surface area contributed by atoms with Gasteiger partial charge in [-0.2, -0.15) is 5.26 Å². The van der Waals surface area contributed by atoms with E-state index in [-0.39, 0.29) is 17.5 Å². The lowest BCUT2D eigenvalue weighted by atomic mass is 9.86. The van der Waals surface area contributed by atoms with Crippen LogP contribution in [0.3, 0.4) is 0 Å². The topological polar surface area (TPSA) is 57.8 Å². The highest BCUT2D eigenvalue weighted by Crippen LogP contribution is 2.31. The van der Waals surface area contributed by atoms with E-state index < -0.39 is 0 Å². The maximum absolute atomic E-state index is 13.0. The van der Waals surface area contributed by atoms with Gasteiger partial charge in [0, 0.05) is 44.8 Å². The highest BCUT2D eigenvalue weighted by molar-refractivity contribution is 6.35. The molecule has 1 N–H and O–H groups in total. The van der Waals surface area contributed by atoms with Crippen LogP contribution in [0.25, 0.3) is 17.0 Å². The fourth-order valence-electron chi connectivity index (χ4n) is 4.73. The Morgan fingerprint density at radius 3 is 2.70 bits per heavy atom. The molecule has 33 heavy (non-hydrogen) atoms. The number of amides is 1. The Labute approximate surface area is 204 Å². The van der Waals surface area contributed by atoms with Crippen LogP contribution in [0.2, 0.25) is 10.0 Å². The molecule has 6 heteroatoms. The van der Waals surface area contributed by atoms with Gasteiger partial charge in [0.1, 0.15) is 11.6 Å². The smallest absolute Gasteiger partial charge is 0.262 e. The second-order valence-electron chi connectivity index (χ2n) is 8.85. The molecule has 4 rings (SSSR count). The summed E-state index contributed by atoms with van der Waals surface area (Å²) in [5.74, 6) is 0.128. The van der Waals surface area contributed by atoms with Gasteiger partial charge in [0.25, 0.3) is 5.91 Å². The van der Waals surface area contributed by atoms with Crippen molar-refractivity contribution >= 4 is 46.1 Å². The van der Waals surface area contributed by atoms with Crippen molar-refractivity contribution < 1.29 is 4.79 Å². The molecule has 0 unspecified atom stereocenters. The predicted octanol–water partition coefficient (Wildman–Crippen LogP) is 6.91. The molecule has 1 fully saturated rings. The zero-order valence-corrected chi connectivity index (χ0v) is 20.4. The maximum Gasteiger partial charge on any atom is 0.262 e. The van der Waals surface area contributed by atoms with Gasteiger partial charge in [0.05, 0.1) is 0 Å². The summed E-state index contributed by atoms with van der Waals surface area (Å²) in [6.45, 7) is 4.73. The molecule has 1 saturated carbocycles. The first-order valence-electron chi connectivity index (χ1n) is 11.3. The number of hydrogen-bond acceptors (Lipinski definition) is 2. The lowest BCUT2D eigenvalue weighted by Gasteiger charge is -2.29. The Balaban J connectivity index is 1.71. The van der Waals surface area contributed by atoms with Crippen LogP contribution in [0.15, 0.2) is 48.0 Å². The number of nitrogens with zero attached hydrogens (tertiary/aromatic N) is 2. The third-order valence-corrected chi connectivity index (χ3v) is 7.29. The highest BCUT2D eigenvalue weighted by Gasteiger charge is 2.24. The summed E-state index contributed by atoms with van der Waals surface area (Å²) < 4.78 is 2.16. The number of carbonyl (C=O) groups excluding carboxylic acids is 1. The first kappa shape index (κ1) is 23.4. The Bertz CT molecular complexity index is 1270. The molecule has 0 radical (unpaired) electrons. The van der Waals surface area contributed by atoms with Gasteiger partial charge < -0.3 is 9.88 Å². The standard InChI is InChI=1S/C27H27Cl2N3O/c1-17-7-3-5-9-25(17)31-27(33)20(15-30)13-23-18(2)32(26-10-6-4-8-22(23)26)16-19-11-12-21(28)14-24(19)29/h4,6,8,10-14,17,25H,3,5,7,9,16H2,1-2H3,(H,31,33)/b20-13+/t17-,25+/m1/s1. The van der Waals surface area contributed by atoms with E-state index >= 15 is 0 Å². The van der Waals surface area contributed by atoms with Gasteiger partial charge in [-0.25, -0.2) is 0 Å². The van der Waals surface area contributed by atoms with Crippen LogP contribution < -0.4 is 5.32 Å². The van der Waals surface area contributed by atoms with Crippen molar-refractivity contribution in [3.05, 3.63) is 74.9 Å². The molecule has 170 valence electrons. The van der Waals surface area contributed by atoms with Crippen LogP contribution in [0.1, 0.15) is 49.4 Å². The average molecular weight is 480 g/mol.